The van der Waals surface area contributed by atoms with Crippen LogP contribution in [0.2, 0.25) is 0 Å². The van der Waals surface area contributed by atoms with E-state index < -0.39 is 29.2 Å². The van der Waals surface area contributed by atoms with E-state index in [1.807, 2.05) is 27.7 Å². The van der Waals surface area contributed by atoms with Crippen LogP contribution in [0.3, 0.4) is 0 Å². The Hall–Kier alpha value is -4.77. The fourth-order valence-corrected chi connectivity index (χ4v) is 4.01. The highest BCUT2D eigenvalue weighted by Crippen LogP contribution is 2.31. The monoisotopic (exact) mass is 561 g/mol. The van der Waals surface area contributed by atoms with Crippen molar-refractivity contribution in [1.82, 2.24) is 10.3 Å². The van der Waals surface area contributed by atoms with Crippen molar-refractivity contribution in [2.75, 3.05) is 18.5 Å². The molecule has 1 unspecified atom stereocenters. The highest BCUT2D eigenvalue weighted by Gasteiger charge is 2.29. The van der Waals surface area contributed by atoms with Gasteiger partial charge in [0.25, 0.3) is 11.8 Å². The molecule has 0 aliphatic rings. The van der Waals surface area contributed by atoms with Gasteiger partial charge in [0.1, 0.15) is 11.5 Å². The standard InChI is InChI=1S/C30H35N5O6/c1-5-15-41-23-14-13-20(25(35-23)28(38)33-18-11-9-17(10-12-18)26(31)32)19-7-6-8-21(24(19)29(39)40)27(37)34-22(16-36)30(2,3)4/h6-14,22,36H,5,15-16H2,1-4H3,(H3,31,32)(H,33,38)(H,34,37)(H,39,40). The van der Waals surface area contributed by atoms with Gasteiger partial charge in [-0.25, -0.2) is 9.78 Å². The molecule has 0 bridgehead atoms. The van der Waals surface area contributed by atoms with Crippen molar-refractivity contribution in [3.05, 3.63) is 77.0 Å². The lowest BCUT2D eigenvalue weighted by Crippen LogP contribution is -2.46. The van der Waals surface area contributed by atoms with Gasteiger partial charge in [-0.15, -0.1) is 0 Å². The number of pyridine rings is 1. The Labute approximate surface area is 238 Å². The summed E-state index contributed by atoms with van der Waals surface area (Å²) in [5, 5.41) is 33.0. The average molecular weight is 562 g/mol. The smallest absolute Gasteiger partial charge is 0.337 e. The van der Waals surface area contributed by atoms with Crippen LogP contribution < -0.4 is 21.1 Å². The van der Waals surface area contributed by atoms with E-state index in [4.69, 9.17) is 15.9 Å². The second-order valence-electron chi connectivity index (χ2n) is 10.4. The average Bonchev–Trinajstić information content (AvgIpc) is 2.93. The number of nitrogens with one attached hydrogen (secondary N) is 3. The predicted molar refractivity (Wildman–Crippen MR) is 156 cm³/mol. The minimum absolute atomic E-state index is 0.105. The molecule has 1 heterocycles. The third kappa shape index (κ3) is 7.46. The Morgan fingerprint density at radius 1 is 1.02 bits per heavy atom. The number of carbonyl (C=O) groups excluding carboxylic acids is 2. The summed E-state index contributed by atoms with van der Waals surface area (Å²) in [6.07, 6.45) is 0.706. The van der Waals surface area contributed by atoms with E-state index in [0.717, 1.165) is 0 Å². The van der Waals surface area contributed by atoms with Crippen LogP contribution in [0.25, 0.3) is 11.1 Å². The summed E-state index contributed by atoms with van der Waals surface area (Å²) in [5.41, 5.74) is 5.61. The number of aromatic carboxylic acids is 1. The number of rotatable bonds is 11. The number of carboxylic acids is 1. The summed E-state index contributed by atoms with van der Waals surface area (Å²) in [4.78, 5) is 43.7. The molecule has 41 heavy (non-hydrogen) atoms. The molecule has 3 rings (SSSR count). The van der Waals surface area contributed by atoms with Crippen LogP contribution in [-0.2, 0) is 0 Å². The third-order valence-electron chi connectivity index (χ3n) is 6.34. The number of nitrogens with two attached hydrogens (primary N) is 1. The zero-order valence-corrected chi connectivity index (χ0v) is 23.4. The van der Waals surface area contributed by atoms with Crippen molar-refractivity contribution in [2.45, 2.75) is 40.2 Å². The van der Waals surface area contributed by atoms with E-state index in [1.165, 1.54) is 30.3 Å². The van der Waals surface area contributed by atoms with Crippen LogP contribution in [0.15, 0.2) is 54.6 Å². The van der Waals surface area contributed by atoms with Gasteiger partial charge in [-0.2, -0.15) is 0 Å². The number of aromatic nitrogens is 1. The molecule has 3 aromatic rings. The number of amidine groups is 1. The van der Waals surface area contributed by atoms with Crippen LogP contribution in [-0.4, -0.2) is 58.1 Å². The molecule has 0 radical (unpaired) electrons. The SMILES string of the molecule is CCCOc1ccc(-c2cccc(C(=O)NC(CO)C(C)(C)C)c2C(=O)O)c(C(=O)Nc2ccc(C(=N)N)cc2)n1. The molecule has 2 aromatic carbocycles. The molecule has 11 heteroatoms. The van der Waals surface area contributed by atoms with Gasteiger partial charge in [-0.1, -0.05) is 39.8 Å². The van der Waals surface area contributed by atoms with Gasteiger partial charge in [-0.3, -0.25) is 15.0 Å². The maximum absolute atomic E-state index is 13.5. The van der Waals surface area contributed by atoms with Crippen LogP contribution in [0.4, 0.5) is 5.69 Å². The number of ether oxygens (including phenoxy) is 1. The largest absolute Gasteiger partial charge is 0.478 e. The van der Waals surface area contributed by atoms with Crippen molar-refractivity contribution < 1.29 is 29.3 Å². The molecule has 0 aliphatic carbocycles. The first-order valence-electron chi connectivity index (χ1n) is 13.0. The number of nitrogens with zero attached hydrogens (tertiary/aromatic N) is 1. The van der Waals surface area contributed by atoms with Gasteiger partial charge in [0, 0.05) is 22.9 Å². The maximum atomic E-state index is 13.5. The topological polar surface area (TPSA) is 188 Å². The van der Waals surface area contributed by atoms with Gasteiger partial charge in [0.2, 0.25) is 5.88 Å². The molecule has 0 aliphatic heterocycles. The third-order valence-corrected chi connectivity index (χ3v) is 6.34. The number of carbonyl (C=O) groups is 3. The molecular weight excluding hydrogens is 526 g/mol. The van der Waals surface area contributed by atoms with Crippen molar-refractivity contribution in [1.29, 1.82) is 5.41 Å². The Morgan fingerprint density at radius 2 is 1.71 bits per heavy atom. The molecule has 11 nitrogen and oxygen atoms in total. The molecule has 216 valence electrons. The predicted octanol–water partition coefficient (Wildman–Crippen LogP) is 3.91. The molecular formula is C30H35N5O6. The highest BCUT2D eigenvalue weighted by molar-refractivity contribution is 6.12. The molecule has 0 fully saturated rings. The molecule has 0 saturated carbocycles. The molecule has 2 amide bonds. The Morgan fingerprint density at radius 3 is 2.27 bits per heavy atom. The Bertz CT molecular complexity index is 1450. The number of carboxylic acid groups (broad SMARTS) is 1. The van der Waals surface area contributed by atoms with Gasteiger partial charge in [0.05, 0.1) is 30.4 Å². The number of aliphatic hydroxyl groups excluding tert-OH is 1. The number of nitrogen functional groups attached to an aromatic ring is 1. The molecule has 0 spiro atoms. The van der Waals surface area contributed by atoms with Crippen LogP contribution in [0.1, 0.15) is 70.9 Å². The number of hydrogen-bond donors (Lipinski definition) is 6. The van der Waals surface area contributed by atoms with Gasteiger partial charge >= 0.3 is 5.97 Å². The lowest BCUT2D eigenvalue weighted by Gasteiger charge is -2.30. The molecule has 1 atom stereocenters. The van der Waals surface area contributed by atoms with E-state index in [1.54, 1.807) is 24.3 Å². The quantitative estimate of drug-likeness (QED) is 0.150. The number of aliphatic hydroxyl groups is 1. The van der Waals surface area contributed by atoms with Crippen molar-refractivity contribution in [3.63, 3.8) is 0 Å². The van der Waals surface area contributed by atoms with Crippen molar-refractivity contribution >= 4 is 29.3 Å². The molecule has 7 N–H and O–H groups in total. The molecule has 0 saturated heterocycles. The normalized spacial score (nSPS) is 11.8. The fourth-order valence-electron chi connectivity index (χ4n) is 4.01. The number of benzene rings is 2. The highest BCUT2D eigenvalue weighted by atomic mass is 16.5. The summed E-state index contributed by atoms with van der Waals surface area (Å²) in [6, 6.07) is 13.1. The lowest BCUT2D eigenvalue weighted by molar-refractivity contribution is 0.0688. The van der Waals surface area contributed by atoms with Crippen LogP contribution in [0.5, 0.6) is 5.88 Å². The van der Waals surface area contributed by atoms with E-state index in [9.17, 15) is 24.6 Å². The minimum atomic E-state index is -1.38. The first kappa shape index (κ1) is 30.8. The summed E-state index contributed by atoms with van der Waals surface area (Å²) < 4.78 is 5.62. The second-order valence-corrected chi connectivity index (χ2v) is 10.4. The van der Waals surface area contributed by atoms with E-state index in [0.29, 0.717) is 24.3 Å². The zero-order valence-electron chi connectivity index (χ0n) is 23.4. The first-order chi connectivity index (χ1) is 19.4. The van der Waals surface area contributed by atoms with Gasteiger partial charge in [0.15, 0.2) is 0 Å². The minimum Gasteiger partial charge on any atom is -0.478 e. The number of amides is 2. The van der Waals surface area contributed by atoms with E-state index in [-0.39, 0.29) is 46.3 Å². The van der Waals surface area contributed by atoms with Crippen molar-refractivity contribution in [3.8, 4) is 17.0 Å². The van der Waals surface area contributed by atoms with Gasteiger partial charge in [-0.05, 0) is 53.8 Å². The summed E-state index contributed by atoms with van der Waals surface area (Å²) in [6.45, 7) is 7.47. The summed E-state index contributed by atoms with van der Waals surface area (Å²) in [7, 11) is 0. The van der Waals surface area contributed by atoms with E-state index in [2.05, 4.69) is 15.6 Å². The zero-order chi connectivity index (χ0) is 30.3. The number of hydrogen-bond acceptors (Lipinski definition) is 7. The second kappa shape index (κ2) is 13.1. The van der Waals surface area contributed by atoms with Gasteiger partial charge < -0.3 is 31.3 Å². The van der Waals surface area contributed by atoms with Crippen LogP contribution in [0, 0.1) is 10.8 Å². The summed E-state index contributed by atoms with van der Waals surface area (Å²) in [5.74, 6) is -2.64. The first-order valence-corrected chi connectivity index (χ1v) is 13.0. The maximum Gasteiger partial charge on any atom is 0.337 e. The fraction of sp³-hybridized carbons (Fsp3) is 0.300. The van der Waals surface area contributed by atoms with E-state index >= 15 is 0 Å². The number of anilines is 1. The summed E-state index contributed by atoms with van der Waals surface area (Å²) >= 11 is 0. The molecule has 1 aromatic heterocycles. The lowest BCUT2D eigenvalue weighted by atomic mass is 9.86. The van der Waals surface area contributed by atoms with Crippen molar-refractivity contribution in [2.24, 2.45) is 11.1 Å². The van der Waals surface area contributed by atoms with Crippen LogP contribution >= 0.6 is 0 Å². The Balaban J connectivity index is 2.11. The Kier molecular flexibility index (Phi) is 9.80.